The molecule has 0 saturated carbocycles. The first-order valence-corrected chi connectivity index (χ1v) is 10.9. The number of amides is 1. The zero-order valence-corrected chi connectivity index (χ0v) is 20.6. The van der Waals surface area contributed by atoms with E-state index in [1.54, 1.807) is 33.4 Å². The maximum Gasteiger partial charge on any atom is 0.246 e. The molecule has 3 aromatic rings. The predicted molar refractivity (Wildman–Crippen MR) is 133 cm³/mol. The zero-order valence-electron chi connectivity index (χ0n) is 17.4. The summed E-state index contributed by atoms with van der Waals surface area (Å²) in [7, 11) is 1.85. The number of carbonyl (C=O) groups is 1. The number of nitrogens with one attached hydrogen (secondary N) is 1. The van der Waals surface area contributed by atoms with Crippen LogP contribution in [0.5, 0.6) is 0 Å². The van der Waals surface area contributed by atoms with Crippen LogP contribution in [0.1, 0.15) is 10.6 Å². The van der Waals surface area contributed by atoms with Gasteiger partial charge in [-0.25, -0.2) is 0 Å². The fourth-order valence-corrected chi connectivity index (χ4v) is 4.12. The number of thiophene rings is 1. The number of aromatic nitrogens is 2. The second-order valence-electron chi connectivity index (χ2n) is 7.13. The Morgan fingerprint density at radius 2 is 2.19 bits per heavy atom. The molecule has 1 saturated heterocycles. The first-order chi connectivity index (χ1) is 14.7. The first-order valence-electron chi connectivity index (χ1n) is 10.1. The number of guanidine groups is 1. The second kappa shape index (κ2) is 11.3. The van der Waals surface area contributed by atoms with Gasteiger partial charge >= 0.3 is 0 Å². The summed E-state index contributed by atoms with van der Waals surface area (Å²) in [6, 6.07) is 8.04. The average molecular weight is 554 g/mol. The number of furan rings is 1. The van der Waals surface area contributed by atoms with Gasteiger partial charge in [0.2, 0.25) is 5.91 Å². The third-order valence-corrected chi connectivity index (χ3v) is 5.89. The van der Waals surface area contributed by atoms with E-state index in [1.165, 1.54) is 4.88 Å². The SMILES string of the molecule is Cn1cc(N2CCN(C(=NCCc3cccs3)NCCc3ccco3)CC2=O)cn1.I. The Morgan fingerprint density at radius 3 is 2.87 bits per heavy atom. The molecule has 166 valence electrons. The van der Waals surface area contributed by atoms with Crippen LogP contribution in [0.4, 0.5) is 5.69 Å². The molecule has 0 spiro atoms. The minimum absolute atomic E-state index is 0. The lowest BCUT2D eigenvalue weighted by Gasteiger charge is -2.35. The van der Waals surface area contributed by atoms with E-state index >= 15 is 0 Å². The van der Waals surface area contributed by atoms with E-state index in [4.69, 9.17) is 9.41 Å². The maximum absolute atomic E-state index is 12.8. The van der Waals surface area contributed by atoms with Crippen LogP contribution in [-0.2, 0) is 24.7 Å². The molecule has 1 aliphatic heterocycles. The van der Waals surface area contributed by atoms with Crippen LogP contribution in [0.25, 0.3) is 0 Å². The number of aliphatic imine (C=N–C) groups is 1. The Labute approximate surface area is 203 Å². The van der Waals surface area contributed by atoms with Crippen LogP contribution in [0.3, 0.4) is 0 Å². The van der Waals surface area contributed by atoms with Crippen molar-refractivity contribution in [3.63, 3.8) is 0 Å². The quantitative estimate of drug-likeness (QED) is 0.276. The highest BCUT2D eigenvalue weighted by Gasteiger charge is 2.27. The molecular weight excluding hydrogens is 527 g/mol. The molecule has 0 aliphatic carbocycles. The summed E-state index contributed by atoms with van der Waals surface area (Å²) < 4.78 is 7.12. The van der Waals surface area contributed by atoms with Crippen LogP contribution in [0.15, 0.2) is 57.7 Å². The zero-order chi connectivity index (χ0) is 20.8. The van der Waals surface area contributed by atoms with Crippen molar-refractivity contribution < 1.29 is 9.21 Å². The molecule has 0 bridgehead atoms. The molecule has 8 nitrogen and oxygen atoms in total. The topological polar surface area (TPSA) is 78.9 Å². The number of rotatable bonds is 7. The highest BCUT2D eigenvalue weighted by Crippen LogP contribution is 2.16. The molecule has 4 rings (SSSR count). The molecule has 4 heterocycles. The van der Waals surface area contributed by atoms with Gasteiger partial charge in [0.05, 0.1) is 18.1 Å². The van der Waals surface area contributed by atoms with Crippen molar-refractivity contribution in [3.8, 4) is 0 Å². The van der Waals surface area contributed by atoms with Crippen molar-refractivity contribution in [3.05, 3.63) is 58.9 Å². The molecule has 10 heteroatoms. The van der Waals surface area contributed by atoms with Crippen LogP contribution in [0.2, 0.25) is 0 Å². The number of halogens is 1. The normalized spacial score (nSPS) is 14.6. The van der Waals surface area contributed by atoms with E-state index in [0.29, 0.717) is 32.7 Å². The van der Waals surface area contributed by atoms with E-state index in [2.05, 4.69) is 27.9 Å². The Hall–Kier alpha value is -2.34. The Balaban J connectivity index is 0.00000272. The molecule has 0 unspecified atom stereocenters. The van der Waals surface area contributed by atoms with Crippen molar-refractivity contribution >= 4 is 52.9 Å². The standard InChI is InChI=1S/C21H26N6O2S.HI/c1-25-15-17(14-24-25)27-11-10-26(16-20(27)28)21(22-8-6-18-4-2-12-29-18)23-9-7-19-5-3-13-30-19;/h2-5,12-15H,6-11,16H2,1H3,(H,22,23);1H. The van der Waals surface area contributed by atoms with Gasteiger partial charge in [-0.05, 0) is 23.6 Å². The number of hydrogen-bond donors (Lipinski definition) is 1. The molecule has 1 amide bonds. The smallest absolute Gasteiger partial charge is 0.246 e. The van der Waals surface area contributed by atoms with E-state index in [0.717, 1.165) is 30.2 Å². The lowest BCUT2D eigenvalue weighted by molar-refractivity contribution is -0.120. The number of piperazine rings is 1. The van der Waals surface area contributed by atoms with Gasteiger partial charge in [0.15, 0.2) is 5.96 Å². The van der Waals surface area contributed by atoms with Gasteiger partial charge in [-0.15, -0.1) is 35.3 Å². The summed E-state index contributed by atoms with van der Waals surface area (Å²) in [6.45, 7) is 2.99. The van der Waals surface area contributed by atoms with Crippen molar-refractivity contribution in [2.45, 2.75) is 12.8 Å². The maximum atomic E-state index is 12.8. The Morgan fingerprint density at radius 1 is 1.29 bits per heavy atom. The third kappa shape index (κ3) is 6.33. The molecule has 0 aromatic carbocycles. The monoisotopic (exact) mass is 554 g/mol. The van der Waals surface area contributed by atoms with E-state index in [9.17, 15) is 4.79 Å². The summed E-state index contributed by atoms with van der Waals surface area (Å²) in [5.41, 5.74) is 0.837. The van der Waals surface area contributed by atoms with Crippen LogP contribution >= 0.6 is 35.3 Å². The molecule has 1 fully saturated rings. The molecule has 1 N–H and O–H groups in total. The van der Waals surface area contributed by atoms with Crippen LogP contribution < -0.4 is 10.2 Å². The summed E-state index contributed by atoms with van der Waals surface area (Å²) in [5, 5.41) is 9.68. The van der Waals surface area contributed by atoms with Gasteiger partial charge in [0.25, 0.3) is 0 Å². The van der Waals surface area contributed by atoms with Crippen molar-refractivity contribution in [2.24, 2.45) is 12.0 Å². The second-order valence-corrected chi connectivity index (χ2v) is 8.16. The lowest BCUT2D eigenvalue weighted by atomic mass is 10.3. The van der Waals surface area contributed by atoms with Crippen LogP contribution in [0, 0.1) is 0 Å². The van der Waals surface area contributed by atoms with E-state index in [1.807, 2.05) is 30.3 Å². The van der Waals surface area contributed by atoms with Gasteiger partial charge in [-0.2, -0.15) is 5.10 Å². The number of hydrogen-bond acceptors (Lipinski definition) is 5. The number of carbonyl (C=O) groups excluding carboxylic acids is 1. The largest absolute Gasteiger partial charge is 0.469 e. The lowest BCUT2D eigenvalue weighted by Crippen LogP contribution is -2.55. The van der Waals surface area contributed by atoms with Gasteiger partial charge < -0.3 is 19.5 Å². The molecular formula is C21H27IN6O2S. The molecule has 3 aromatic heterocycles. The minimum atomic E-state index is 0. The summed E-state index contributed by atoms with van der Waals surface area (Å²) in [5.74, 6) is 1.75. The summed E-state index contributed by atoms with van der Waals surface area (Å²) in [6.07, 6.45) is 6.93. The van der Waals surface area contributed by atoms with E-state index < -0.39 is 0 Å². The van der Waals surface area contributed by atoms with E-state index in [-0.39, 0.29) is 29.9 Å². The molecule has 1 aliphatic rings. The fourth-order valence-electron chi connectivity index (χ4n) is 3.42. The Kier molecular flexibility index (Phi) is 8.52. The van der Waals surface area contributed by atoms with Gasteiger partial charge in [-0.1, -0.05) is 6.07 Å². The molecule has 31 heavy (non-hydrogen) atoms. The van der Waals surface area contributed by atoms with Gasteiger partial charge in [0, 0.05) is 57.1 Å². The Bertz CT molecular complexity index is 970. The third-order valence-electron chi connectivity index (χ3n) is 4.96. The molecule has 0 atom stereocenters. The van der Waals surface area contributed by atoms with Crippen molar-refractivity contribution in [2.75, 3.05) is 37.6 Å². The van der Waals surface area contributed by atoms with Gasteiger partial charge in [0.1, 0.15) is 12.3 Å². The van der Waals surface area contributed by atoms with Crippen molar-refractivity contribution in [1.82, 2.24) is 20.0 Å². The predicted octanol–water partition coefficient (Wildman–Crippen LogP) is 2.77. The molecule has 0 radical (unpaired) electrons. The number of nitrogens with zero attached hydrogens (tertiary/aromatic N) is 5. The highest BCUT2D eigenvalue weighted by atomic mass is 127. The minimum Gasteiger partial charge on any atom is -0.469 e. The van der Waals surface area contributed by atoms with Crippen LogP contribution in [-0.4, -0.2) is 59.3 Å². The van der Waals surface area contributed by atoms with Gasteiger partial charge in [-0.3, -0.25) is 14.5 Å². The number of aryl methyl sites for hydroxylation is 1. The highest BCUT2D eigenvalue weighted by molar-refractivity contribution is 14.0. The fraction of sp³-hybridized carbons (Fsp3) is 0.381. The van der Waals surface area contributed by atoms with Crippen molar-refractivity contribution in [1.29, 1.82) is 0 Å². The summed E-state index contributed by atoms with van der Waals surface area (Å²) >= 11 is 1.74. The average Bonchev–Trinajstić information content (AvgIpc) is 3.50. The first kappa shape index (κ1) is 23.3. The number of anilines is 1. The summed E-state index contributed by atoms with van der Waals surface area (Å²) in [4.78, 5) is 22.7.